The lowest BCUT2D eigenvalue weighted by Crippen LogP contribution is -2.29. The maximum atomic E-state index is 12.7. The van der Waals surface area contributed by atoms with Crippen molar-refractivity contribution in [1.82, 2.24) is 14.9 Å². The molecule has 10 heteroatoms. The highest BCUT2D eigenvalue weighted by molar-refractivity contribution is 6.22. The summed E-state index contributed by atoms with van der Waals surface area (Å²) >= 11 is 0. The average Bonchev–Trinajstić information content (AvgIpc) is 3.54. The van der Waals surface area contributed by atoms with Gasteiger partial charge in [-0.25, -0.2) is 0 Å². The number of H-pyrrole nitrogens is 1. The monoisotopic (exact) mass is 614 g/mol. The van der Waals surface area contributed by atoms with Crippen molar-refractivity contribution in [3.63, 3.8) is 0 Å². The summed E-state index contributed by atoms with van der Waals surface area (Å²) in [5.74, 6) is -1.70. The maximum absolute atomic E-state index is 12.7. The maximum Gasteiger partial charge on any atom is 0.303 e. The van der Waals surface area contributed by atoms with Gasteiger partial charge in [-0.05, 0) is 112 Å². The van der Waals surface area contributed by atoms with E-state index >= 15 is 0 Å². The van der Waals surface area contributed by atoms with E-state index in [1.54, 1.807) is 0 Å². The number of aliphatic imine (C=N–C) groups is 1. The number of carboxylic acids is 2. The van der Waals surface area contributed by atoms with Gasteiger partial charge in [-0.2, -0.15) is 0 Å². The van der Waals surface area contributed by atoms with Gasteiger partial charge in [0, 0.05) is 47.0 Å². The van der Waals surface area contributed by atoms with Gasteiger partial charge in [0.2, 0.25) is 5.91 Å². The molecule has 45 heavy (non-hydrogen) atoms. The summed E-state index contributed by atoms with van der Waals surface area (Å²) in [6, 6.07) is -0.400. The number of hydrogen-bond donors (Lipinski definition) is 5. The topological polar surface area (TPSA) is 157 Å². The second-order valence-corrected chi connectivity index (χ2v) is 12.5. The molecule has 0 radical (unpaired) electrons. The van der Waals surface area contributed by atoms with Crippen molar-refractivity contribution >= 4 is 35.7 Å². The smallest absolute Gasteiger partial charge is 0.303 e. The number of aromatic hydroxyl groups is 1. The summed E-state index contributed by atoms with van der Waals surface area (Å²) in [4.78, 5) is 44.3. The first-order valence-corrected chi connectivity index (χ1v) is 15.5. The molecule has 1 amide bonds. The summed E-state index contributed by atoms with van der Waals surface area (Å²) in [5, 5.41) is 34.4. The molecule has 2 aromatic heterocycles. The van der Waals surface area contributed by atoms with Crippen LogP contribution in [0.2, 0.25) is 0 Å². The van der Waals surface area contributed by atoms with Crippen molar-refractivity contribution in [2.75, 3.05) is 0 Å². The lowest BCUT2D eigenvalue weighted by atomic mass is 9.85. The second-order valence-electron chi connectivity index (χ2n) is 12.5. The molecule has 0 bridgehead atoms. The summed E-state index contributed by atoms with van der Waals surface area (Å²) in [5.41, 5.74) is 8.01. The Bertz CT molecular complexity index is 1860. The van der Waals surface area contributed by atoms with Gasteiger partial charge >= 0.3 is 11.9 Å². The Morgan fingerprint density at radius 2 is 1.82 bits per heavy atom. The van der Waals surface area contributed by atoms with Gasteiger partial charge in [0.15, 0.2) is 5.88 Å². The number of rotatable bonds is 9. The van der Waals surface area contributed by atoms with E-state index in [9.17, 15) is 29.7 Å². The van der Waals surface area contributed by atoms with Gasteiger partial charge < -0.3 is 30.2 Å². The molecule has 5 N–H and O–H groups in total. The van der Waals surface area contributed by atoms with Gasteiger partial charge in [-0.1, -0.05) is 13.0 Å². The highest BCUT2D eigenvalue weighted by Gasteiger charge is 2.41. The zero-order chi connectivity index (χ0) is 32.8. The van der Waals surface area contributed by atoms with Gasteiger partial charge in [-0.3, -0.25) is 19.4 Å². The number of nitrogens with zero attached hydrogens (tertiary/aromatic N) is 2. The van der Waals surface area contributed by atoms with Crippen LogP contribution in [-0.4, -0.2) is 54.5 Å². The summed E-state index contributed by atoms with van der Waals surface area (Å²) in [6.07, 6.45) is 9.76. The first kappa shape index (κ1) is 31.8. The summed E-state index contributed by atoms with van der Waals surface area (Å²) in [7, 11) is 0. The van der Waals surface area contributed by atoms with Crippen LogP contribution in [0.5, 0.6) is 5.88 Å². The van der Waals surface area contributed by atoms with Crippen LogP contribution in [0.3, 0.4) is 0 Å². The number of nitrogens with one attached hydrogen (secondary N) is 2. The van der Waals surface area contributed by atoms with Crippen LogP contribution in [0.4, 0.5) is 0 Å². The van der Waals surface area contributed by atoms with E-state index in [1.807, 2.05) is 65.8 Å². The van der Waals surface area contributed by atoms with Crippen LogP contribution in [0.1, 0.15) is 81.8 Å². The fraction of sp³-hybridized carbons (Fsp3) is 0.429. The number of hydrogen-bond acceptors (Lipinski definition) is 5. The van der Waals surface area contributed by atoms with E-state index in [0.29, 0.717) is 37.2 Å². The van der Waals surface area contributed by atoms with Crippen molar-refractivity contribution in [3.05, 3.63) is 73.2 Å². The number of aromatic amines is 1. The third kappa shape index (κ3) is 5.69. The van der Waals surface area contributed by atoms with Crippen molar-refractivity contribution in [3.8, 4) is 5.88 Å². The van der Waals surface area contributed by atoms with Gasteiger partial charge in [0.05, 0.1) is 17.2 Å². The molecule has 2 aromatic rings. The number of aliphatic carboxylic acids is 2. The Hall–Kier alpha value is -4.60. The number of amides is 1. The molecule has 3 aliphatic rings. The van der Waals surface area contributed by atoms with E-state index in [1.165, 1.54) is 0 Å². The number of fused-ring (bicyclic) bond motifs is 2. The molecule has 5 rings (SSSR count). The molecule has 10 nitrogen and oxygen atoms in total. The first-order chi connectivity index (χ1) is 21.3. The van der Waals surface area contributed by atoms with Gasteiger partial charge in [0.25, 0.3) is 0 Å². The van der Waals surface area contributed by atoms with Gasteiger partial charge in [-0.15, -0.1) is 0 Å². The van der Waals surface area contributed by atoms with Crippen molar-refractivity contribution in [2.45, 2.75) is 92.7 Å². The SMILES string of the molecule is C/C=C1\C(=C\C2N=C(/C=c3\c(CCC(=O)O)c(C)c4n3CCc3c([nH]c(O)c3CC)C=4)C(CCC(=O)O)=C2C)NC(=O)C1(C)C. The third-order valence-corrected chi connectivity index (χ3v) is 9.53. The molecule has 1 unspecified atom stereocenters. The third-order valence-electron chi connectivity index (χ3n) is 9.53. The standard InChI is InChI=1S/C35H42N4O6/c1-7-20-23-13-14-39-29(16-27(23)37-33(20)44)19(4)22(10-12-32(42)43)30(39)17-26-21(9-11-31(40)41)18(3)25(36-26)15-28-24(8-2)35(5,6)34(45)38-28/h8,15-17,25,37,44H,7,9-14H2,1-6H3,(H,38,45)(H,40,41)(H,42,43)/b24-8+,28-15-,30-17+. The minimum absolute atomic E-state index is 0.0385. The Labute approximate surface area is 262 Å². The zero-order valence-corrected chi connectivity index (χ0v) is 26.8. The lowest BCUT2D eigenvalue weighted by Gasteiger charge is -2.15. The van der Waals surface area contributed by atoms with Crippen molar-refractivity contribution < 1.29 is 29.7 Å². The van der Waals surface area contributed by atoms with E-state index in [2.05, 4.69) is 14.9 Å². The van der Waals surface area contributed by atoms with E-state index in [-0.39, 0.29) is 31.0 Å². The van der Waals surface area contributed by atoms with Crippen molar-refractivity contribution in [1.29, 1.82) is 0 Å². The molecule has 3 aliphatic heterocycles. The highest BCUT2D eigenvalue weighted by atomic mass is 16.4. The predicted molar refractivity (Wildman–Crippen MR) is 173 cm³/mol. The first-order valence-electron chi connectivity index (χ1n) is 15.5. The van der Waals surface area contributed by atoms with Crippen LogP contribution in [-0.2, 0) is 40.2 Å². The molecule has 1 fully saturated rings. The zero-order valence-electron chi connectivity index (χ0n) is 26.8. The van der Waals surface area contributed by atoms with E-state index < -0.39 is 23.4 Å². The van der Waals surface area contributed by atoms with Crippen LogP contribution >= 0.6 is 0 Å². The number of carboxylic acid groups (broad SMARTS) is 2. The minimum Gasteiger partial charge on any atom is -0.494 e. The Morgan fingerprint density at radius 1 is 1.13 bits per heavy atom. The largest absolute Gasteiger partial charge is 0.494 e. The molecule has 0 saturated carbocycles. The number of carbonyl (C=O) groups excluding carboxylic acids is 1. The summed E-state index contributed by atoms with van der Waals surface area (Å²) < 4.78 is 2.19. The van der Waals surface area contributed by atoms with Crippen LogP contribution in [0, 0.1) is 12.3 Å². The molecule has 5 heterocycles. The molecule has 0 spiro atoms. The normalized spacial score (nSPS) is 21.1. The molecule has 0 aromatic carbocycles. The molecule has 1 atom stereocenters. The Morgan fingerprint density at radius 3 is 2.47 bits per heavy atom. The Kier molecular flexibility index (Phi) is 8.53. The molecule has 0 aliphatic carbocycles. The highest BCUT2D eigenvalue weighted by Crippen LogP contribution is 2.38. The predicted octanol–water partition coefficient (Wildman–Crippen LogP) is 3.57. The fourth-order valence-corrected chi connectivity index (χ4v) is 7.00. The van der Waals surface area contributed by atoms with Crippen molar-refractivity contribution in [2.24, 2.45) is 10.4 Å². The summed E-state index contributed by atoms with van der Waals surface area (Å²) in [6.45, 7) is 12.2. The molecule has 238 valence electrons. The van der Waals surface area contributed by atoms with Crippen LogP contribution in [0.15, 0.2) is 39.6 Å². The van der Waals surface area contributed by atoms with Gasteiger partial charge in [0.1, 0.15) is 0 Å². The number of carbonyl (C=O) groups is 3. The minimum atomic E-state index is -0.905. The lowest BCUT2D eigenvalue weighted by molar-refractivity contribution is -0.137. The average molecular weight is 615 g/mol. The van der Waals surface area contributed by atoms with Crippen LogP contribution in [0.25, 0.3) is 12.2 Å². The van der Waals surface area contributed by atoms with E-state index in [4.69, 9.17) is 4.99 Å². The molecular formula is C35H42N4O6. The van der Waals surface area contributed by atoms with Crippen LogP contribution < -0.4 is 16.0 Å². The second kappa shape index (κ2) is 12.1. The Balaban J connectivity index is 1.70. The number of allylic oxidation sites excluding steroid dienone is 3. The number of aromatic nitrogens is 2. The van der Waals surface area contributed by atoms with E-state index in [0.717, 1.165) is 55.4 Å². The fourth-order valence-electron chi connectivity index (χ4n) is 7.00. The quantitative estimate of drug-likeness (QED) is 0.291. The molecular weight excluding hydrogens is 572 g/mol. The molecule has 1 saturated heterocycles.